The average Bonchev–Trinajstić information content (AvgIpc) is 3.10. The van der Waals surface area contributed by atoms with Crippen molar-refractivity contribution in [3.05, 3.63) is 62.2 Å². The second kappa shape index (κ2) is 11.4. The van der Waals surface area contributed by atoms with E-state index in [-0.39, 0.29) is 44.6 Å². The van der Waals surface area contributed by atoms with E-state index in [9.17, 15) is 31.1 Å². The first kappa shape index (κ1) is 29.1. The number of halogens is 9. The lowest BCUT2D eigenvalue weighted by atomic mass is 10.1. The minimum atomic E-state index is -4.49. The molecule has 1 aromatic heterocycles. The van der Waals surface area contributed by atoms with E-state index < -0.39 is 29.4 Å². The number of nitrogen functional groups attached to an aromatic ring is 1. The summed E-state index contributed by atoms with van der Waals surface area (Å²) in [6, 6.07) is 7.09. The Bertz CT molecular complexity index is 1120. The van der Waals surface area contributed by atoms with E-state index in [1.807, 2.05) is 0 Å². The summed E-state index contributed by atoms with van der Waals surface area (Å²) >= 11 is 5.82. The van der Waals surface area contributed by atoms with E-state index in [1.54, 1.807) is 6.92 Å². The number of nitrogens with two attached hydrogens (primary N) is 1. The zero-order valence-corrected chi connectivity index (χ0v) is 20.5. The van der Waals surface area contributed by atoms with Crippen molar-refractivity contribution in [3.63, 3.8) is 0 Å². The third kappa shape index (κ3) is 7.52. The Labute approximate surface area is 206 Å². The van der Waals surface area contributed by atoms with Gasteiger partial charge in [0.2, 0.25) is 0 Å². The number of hydrogen-bond donors (Lipinski definition) is 3. The molecule has 0 atom stereocenters. The van der Waals surface area contributed by atoms with E-state index in [1.165, 1.54) is 18.2 Å². The molecule has 0 unspecified atom stereocenters. The first-order valence-corrected chi connectivity index (χ1v) is 10.3. The summed E-state index contributed by atoms with van der Waals surface area (Å²) in [7, 11) is 0. The summed E-state index contributed by atoms with van der Waals surface area (Å²) in [4.78, 5) is 14.1. The van der Waals surface area contributed by atoms with Crippen molar-refractivity contribution in [2.45, 2.75) is 19.3 Å². The topological polar surface area (TPSA) is 80.1 Å². The number of fused-ring (bicyclic) bond motifs is 1. The van der Waals surface area contributed by atoms with Crippen LogP contribution < -0.4 is 11.3 Å². The van der Waals surface area contributed by atoms with Gasteiger partial charge in [-0.05, 0) is 43.3 Å². The van der Waals surface area contributed by atoms with Gasteiger partial charge in [0, 0.05) is 25.5 Å². The highest BCUT2D eigenvalue weighted by Gasteiger charge is 2.34. The molecule has 3 rings (SSSR count). The third-order valence-electron chi connectivity index (χ3n) is 3.94. The van der Waals surface area contributed by atoms with Gasteiger partial charge in [0.1, 0.15) is 5.69 Å². The average molecular weight is 628 g/mol. The lowest BCUT2D eigenvalue weighted by molar-refractivity contribution is -0.138. The molecule has 2 aromatic carbocycles. The Balaban J connectivity index is 0.000000343. The van der Waals surface area contributed by atoms with Gasteiger partial charge in [0.05, 0.1) is 17.7 Å². The monoisotopic (exact) mass is 625 g/mol. The fourth-order valence-electron chi connectivity index (χ4n) is 2.59. The largest absolute Gasteiger partial charge is 0.461 e. The minimum absolute atomic E-state index is 0. The lowest BCUT2D eigenvalue weighted by Crippen LogP contribution is -2.09. The molecule has 0 bridgehead atoms. The number of H-pyrrole nitrogens is 1. The van der Waals surface area contributed by atoms with Crippen molar-refractivity contribution in [2.75, 3.05) is 12.0 Å². The predicted molar refractivity (Wildman–Crippen MR) is 121 cm³/mol. The number of esters is 1. The Morgan fingerprint density at radius 1 is 1.03 bits per heavy atom. The number of carbonyl (C=O) groups is 1. The Hall–Kier alpha value is -1.96. The first-order chi connectivity index (χ1) is 14.8. The van der Waals surface area contributed by atoms with Crippen molar-refractivity contribution >= 4 is 66.8 Å². The number of ether oxygens (including phenoxy) is 1. The predicted octanol–water partition coefficient (Wildman–Crippen LogP) is 7.30. The van der Waals surface area contributed by atoms with Crippen LogP contribution in [-0.4, -0.2) is 17.6 Å². The molecule has 1 heterocycles. The van der Waals surface area contributed by atoms with Gasteiger partial charge < -0.3 is 15.1 Å². The summed E-state index contributed by atoms with van der Waals surface area (Å²) in [6.45, 7) is 1.78. The van der Waals surface area contributed by atoms with Crippen molar-refractivity contribution in [3.8, 4) is 0 Å². The summed E-state index contributed by atoms with van der Waals surface area (Å²) in [5.74, 6) is 4.35. The second-order valence-corrected chi connectivity index (χ2v) is 7.92. The highest BCUT2D eigenvalue weighted by atomic mass is 79.9. The van der Waals surface area contributed by atoms with Crippen LogP contribution in [0, 0.1) is 0 Å². The number of nitrogens with one attached hydrogen (secondary N) is 2. The Morgan fingerprint density at radius 2 is 1.64 bits per heavy atom. The fraction of sp³-hybridized carbons (Fsp3) is 0.211. The highest BCUT2D eigenvalue weighted by Crippen LogP contribution is 2.37. The van der Waals surface area contributed by atoms with Crippen LogP contribution in [0.5, 0.6) is 0 Å². The number of aromatic nitrogens is 1. The lowest BCUT2D eigenvalue weighted by Gasteiger charge is -2.09. The number of hydrazine groups is 1. The molecule has 0 aliphatic rings. The fourth-order valence-corrected chi connectivity index (χ4v) is 3.65. The van der Waals surface area contributed by atoms with Crippen LogP contribution in [0.4, 0.5) is 32.0 Å². The molecular weight excluding hydrogens is 611 g/mol. The molecule has 4 N–H and O–H groups in total. The SMILES string of the molecule is CCOC(=O)c1cc2c(C(F)(F)F)cc(Br)cc2[nH]1.Cl.NNc1ccc(C(F)(F)F)c(Br)c1. The van der Waals surface area contributed by atoms with Gasteiger partial charge in [0.25, 0.3) is 0 Å². The molecule has 182 valence electrons. The number of anilines is 1. The van der Waals surface area contributed by atoms with Gasteiger partial charge in [0.15, 0.2) is 0 Å². The molecule has 0 radical (unpaired) electrons. The van der Waals surface area contributed by atoms with E-state index in [0.717, 1.165) is 18.2 Å². The standard InChI is InChI=1S/C12H9BrF3NO2.C7H6BrF3N2.ClH/c1-2-19-11(18)10-5-7-8(12(14,15)16)3-6(13)4-9(7)17-10;8-6-3-4(13-12)1-2-5(6)7(9,10)11;/h3-5,17H,2H2,1H3;1-3,13H,12H2;1H. The van der Waals surface area contributed by atoms with Crippen LogP contribution in [-0.2, 0) is 17.1 Å². The van der Waals surface area contributed by atoms with Gasteiger partial charge in [-0.3, -0.25) is 5.84 Å². The zero-order chi connectivity index (χ0) is 24.3. The molecule has 0 spiro atoms. The Kier molecular flexibility index (Phi) is 10.1. The van der Waals surface area contributed by atoms with Gasteiger partial charge in [-0.15, -0.1) is 12.4 Å². The number of aromatic amines is 1. The Morgan fingerprint density at radius 3 is 2.12 bits per heavy atom. The van der Waals surface area contributed by atoms with Gasteiger partial charge >= 0.3 is 18.3 Å². The zero-order valence-electron chi connectivity index (χ0n) is 16.5. The van der Waals surface area contributed by atoms with E-state index >= 15 is 0 Å². The van der Waals surface area contributed by atoms with Crippen LogP contribution >= 0.6 is 44.3 Å². The first-order valence-electron chi connectivity index (χ1n) is 8.67. The van der Waals surface area contributed by atoms with Crippen molar-refractivity contribution in [1.82, 2.24) is 4.98 Å². The second-order valence-electron chi connectivity index (χ2n) is 6.15. The maximum Gasteiger partial charge on any atom is 0.417 e. The van der Waals surface area contributed by atoms with Crippen LogP contribution in [0.15, 0.2) is 45.3 Å². The van der Waals surface area contributed by atoms with Crippen LogP contribution in [0.3, 0.4) is 0 Å². The van der Waals surface area contributed by atoms with Crippen molar-refractivity contribution < 1.29 is 35.9 Å². The summed E-state index contributed by atoms with van der Waals surface area (Å²) in [5, 5.41) is -0.0567. The molecule has 3 aromatic rings. The number of rotatable bonds is 3. The molecule has 14 heteroatoms. The summed E-state index contributed by atoms with van der Waals surface area (Å²) in [5.41, 5.74) is 1.37. The van der Waals surface area contributed by atoms with Gasteiger partial charge in [-0.2, -0.15) is 26.3 Å². The molecular formula is C19H16Br2ClF6N3O2. The number of hydrogen-bond acceptors (Lipinski definition) is 4. The molecule has 0 saturated heterocycles. The summed E-state index contributed by atoms with van der Waals surface area (Å²) in [6.07, 6.45) is -8.83. The molecule has 33 heavy (non-hydrogen) atoms. The molecule has 5 nitrogen and oxygen atoms in total. The molecule has 0 saturated carbocycles. The van der Waals surface area contributed by atoms with E-state index in [0.29, 0.717) is 5.69 Å². The maximum absolute atomic E-state index is 12.9. The maximum atomic E-state index is 12.9. The van der Waals surface area contributed by atoms with Crippen LogP contribution in [0.1, 0.15) is 28.5 Å². The van der Waals surface area contributed by atoms with E-state index in [2.05, 4.69) is 42.3 Å². The number of alkyl halides is 6. The summed E-state index contributed by atoms with van der Waals surface area (Å²) < 4.78 is 80.3. The molecule has 0 fully saturated rings. The molecule has 0 aliphatic carbocycles. The van der Waals surface area contributed by atoms with Crippen molar-refractivity contribution in [1.29, 1.82) is 0 Å². The van der Waals surface area contributed by atoms with Gasteiger partial charge in [-0.25, -0.2) is 4.79 Å². The van der Waals surface area contributed by atoms with Crippen molar-refractivity contribution in [2.24, 2.45) is 5.84 Å². The molecule has 0 amide bonds. The third-order valence-corrected chi connectivity index (χ3v) is 5.06. The van der Waals surface area contributed by atoms with Crippen LogP contribution in [0.25, 0.3) is 10.9 Å². The van der Waals surface area contributed by atoms with E-state index in [4.69, 9.17) is 10.6 Å². The molecule has 0 aliphatic heterocycles. The number of benzene rings is 2. The van der Waals surface area contributed by atoms with Crippen LogP contribution in [0.2, 0.25) is 0 Å². The van der Waals surface area contributed by atoms with Gasteiger partial charge in [-0.1, -0.05) is 31.9 Å². The highest BCUT2D eigenvalue weighted by molar-refractivity contribution is 9.10. The number of carbonyl (C=O) groups excluding carboxylic acids is 1. The quantitative estimate of drug-likeness (QED) is 0.123. The smallest absolute Gasteiger partial charge is 0.417 e. The minimum Gasteiger partial charge on any atom is -0.461 e. The normalized spacial score (nSPS) is 11.3.